The molecular weight excluding hydrogens is 651 g/mol. The molecule has 1 aromatic rings. The zero-order valence-corrected chi connectivity index (χ0v) is 31.7. The van der Waals surface area contributed by atoms with Crippen molar-refractivity contribution in [3.8, 4) is 0 Å². The maximum absolute atomic E-state index is 14.9. The van der Waals surface area contributed by atoms with Crippen molar-refractivity contribution in [1.82, 2.24) is 24.9 Å². The predicted octanol–water partition coefficient (Wildman–Crippen LogP) is 3.83. The van der Waals surface area contributed by atoms with E-state index < -0.39 is 41.8 Å². The molecule has 11 nitrogen and oxygen atoms in total. The molecule has 2 saturated heterocycles. The van der Waals surface area contributed by atoms with E-state index in [1.54, 1.807) is 39.0 Å². The molecule has 0 spiro atoms. The molecule has 0 bridgehead atoms. The van der Waals surface area contributed by atoms with E-state index >= 15 is 0 Å². The van der Waals surface area contributed by atoms with Crippen LogP contribution >= 0.6 is 0 Å². The Bertz CT molecular complexity index is 1390. The van der Waals surface area contributed by atoms with Crippen molar-refractivity contribution < 1.29 is 28.4 Å². The van der Waals surface area contributed by atoms with Crippen LogP contribution in [0, 0.1) is 17.7 Å². The second kappa shape index (κ2) is 18.3. The van der Waals surface area contributed by atoms with Gasteiger partial charge >= 0.3 is 0 Å². The van der Waals surface area contributed by atoms with E-state index in [0.717, 1.165) is 63.4 Å². The van der Waals surface area contributed by atoms with Crippen LogP contribution in [0.15, 0.2) is 18.2 Å². The van der Waals surface area contributed by atoms with Crippen LogP contribution in [0.3, 0.4) is 0 Å². The van der Waals surface area contributed by atoms with Gasteiger partial charge in [0.15, 0.2) is 0 Å². The molecule has 3 aliphatic rings. The number of nitrogens with zero attached hydrogens (tertiary/aromatic N) is 4. The van der Waals surface area contributed by atoms with Crippen LogP contribution in [0.5, 0.6) is 0 Å². The summed E-state index contributed by atoms with van der Waals surface area (Å²) < 4.78 is 14.9. The number of nitrogens with two attached hydrogens (primary N) is 1. The van der Waals surface area contributed by atoms with Crippen LogP contribution in [-0.2, 0) is 30.4 Å². The quantitative estimate of drug-likeness (QED) is 0.421. The van der Waals surface area contributed by atoms with Crippen molar-refractivity contribution in [2.75, 3.05) is 40.8 Å². The van der Waals surface area contributed by atoms with E-state index in [1.165, 1.54) is 21.9 Å². The number of nitrogens with one attached hydrogen (secondary N) is 1. The Morgan fingerprint density at radius 3 is 2.22 bits per heavy atom. The first kappa shape index (κ1) is 40.2. The minimum absolute atomic E-state index is 0.0297. The molecule has 4 atom stereocenters. The fourth-order valence-corrected chi connectivity index (χ4v) is 7.74. The van der Waals surface area contributed by atoms with Crippen molar-refractivity contribution in [2.24, 2.45) is 17.6 Å². The standard InChI is InChI=1S/C39H61FN6O5/c1-25(2)22-32-37(49)45(6)34(24-29-23-30(40)15-16-31(29)27-17-20-46(21-18-27)26(3)47)38(50)43(4)19-11-9-7-8-10-12-33(36(48)42-32)44(5)39(51)35(41)28-13-14-28/h15-16,23,25,27-28,32-35H,7-14,17-22,24,41H2,1-6H3,(H,42,48)/t32-,33-,34-,35?/m0/s1. The SMILES string of the molecule is CC(=O)N1CCC(c2ccc(F)cc2C[C@H]2C(=O)N(C)CCCCCCC[C@H](N(C)C(=O)C(N)C3CC3)C(=O)N[C@@H](CC(C)C)C(=O)N2C)CC1. The molecular formula is C39H61FN6O5. The van der Waals surface area contributed by atoms with E-state index in [2.05, 4.69) is 5.32 Å². The van der Waals surface area contributed by atoms with E-state index in [1.807, 2.05) is 18.7 Å². The Hall–Kier alpha value is -3.54. The van der Waals surface area contributed by atoms with E-state index in [9.17, 15) is 28.4 Å². The maximum Gasteiger partial charge on any atom is 0.245 e. The highest BCUT2D eigenvalue weighted by Crippen LogP contribution is 2.34. The number of carbonyl (C=O) groups excluding carboxylic acids is 5. The topological polar surface area (TPSA) is 136 Å². The van der Waals surface area contributed by atoms with Crippen molar-refractivity contribution in [3.05, 3.63) is 35.1 Å². The van der Waals surface area contributed by atoms with Gasteiger partial charge in [0.1, 0.15) is 23.9 Å². The van der Waals surface area contributed by atoms with Gasteiger partial charge in [-0.3, -0.25) is 24.0 Å². The minimum Gasteiger partial charge on any atom is -0.344 e. The first-order chi connectivity index (χ1) is 24.2. The fourth-order valence-electron chi connectivity index (χ4n) is 7.74. The number of piperidine rings is 1. The summed E-state index contributed by atoms with van der Waals surface area (Å²) in [7, 11) is 4.97. The van der Waals surface area contributed by atoms with E-state index in [4.69, 9.17) is 5.73 Å². The normalized spacial score (nSPS) is 24.5. The smallest absolute Gasteiger partial charge is 0.245 e. The molecule has 4 rings (SSSR count). The van der Waals surface area contributed by atoms with Crippen molar-refractivity contribution in [2.45, 2.75) is 128 Å². The van der Waals surface area contributed by atoms with Crippen molar-refractivity contribution in [3.63, 3.8) is 0 Å². The molecule has 2 heterocycles. The van der Waals surface area contributed by atoms with Gasteiger partial charge in [0.25, 0.3) is 0 Å². The lowest BCUT2D eigenvalue weighted by atomic mass is 9.84. The average Bonchev–Trinajstić information content (AvgIpc) is 3.95. The third kappa shape index (κ3) is 10.7. The summed E-state index contributed by atoms with van der Waals surface area (Å²) in [5, 5.41) is 2.99. The van der Waals surface area contributed by atoms with Crippen LogP contribution in [0.2, 0.25) is 0 Å². The maximum atomic E-state index is 14.9. The Morgan fingerprint density at radius 1 is 0.941 bits per heavy atom. The number of carbonyl (C=O) groups is 5. The van der Waals surface area contributed by atoms with E-state index in [-0.39, 0.29) is 41.9 Å². The van der Waals surface area contributed by atoms with Crippen LogP contribution in [0.4, 0.5) is 4.39 Å². The number of halogens is 1. The van der Waals surface area contributed by atoms with Gasteiger partial charge in [-0.25, -0.2) is 4.39 Å². The number of benzene rings is 1. The molecule has 51 heavy (non-hydrogen) atoms. The summed E-state index contributed by atoms with van der Waals surface area (Å²) in [6, 6.07) is 1.35. The van der Waals surface area contributed by atoms with Gasteiger partial charge in [-0.1, -0.05) is 45.6 Å². The number of hydrogen-bond donors (Lipinski definition) is 2. The first-order valence-corrected chi connectivity index (χ1v) is 19.1. The lowest BCUT2D eigenvalue weighted by molar-refractivity contribution is -0.147. The molecule has 5 amide bonds. The van der Waals surface area contributed by atoms with Gasteiger partial charge in [0, 0.05) is 54.1 Å². The largest absolute Gasteiger partial charge is 0.344 e. The molecule has 1 aliphatic carbocycles. The molecule has 1 unspecified atom stereocenters. The Morgan fingerprint density at radius 2 is 1.59 bits per heavy atom. The molecule has 2 aliphatic heterocycles. The Balaban J connectivity index is 1.65. The fraction of sp³-hybridized carbons (Fsp3) is 0.718. The Labute approximate surface area is 303 Å². The highest BCUT2D eigenvalue weighted by Gasteiger charge is 2.40. The summed E-state index contributed by atoms with van der Waals surface area (Å²) in [6.07, 6.45) is 8.32. The lowest BCUT2D eigenvalue weighted by Crippen LogP contribution is -2.59. The van der Waals surface area contributed by atoms with Gasteiger partial charge in [0.2, 0.25) is 29.5 Å². The summed E-state index contributed by atoms with van der Waals surface area (Å²) in [5.74, 6) is -1.47. The first-order valence-electron chi connectivity index (χ1n) is 19.1. The second-order valence-electron chi connectivity index (χ2n) is 15.6. The number of likely N-dealkylation sites (N-methyl/N-ethyl adjacent to an activating group) is 3. The lowest BCUT2D eigenvalue weighted by Gasteiger charge is -2.36. The van der Waals surface area contributed by atoms with Gasteiger partial charge in [0.05, 0.1) is 6.04 Å². The van der Waals surface area contributed by atoms with Gasteiger partial charge in [-0.15, -0.1) is 0 Å². The zero-order chi connectivity index (χ0) is 37.4. The van der Waals surface area contributed by atoms with Gasteiger partial charge in [-0.2, -0.15) is 0 Å². The molecule has 0 radical (unpaired) electrons. The van der Waals surface area contributed by atoms with Crippen LogP contribution in [-0.4, -0.2) is 114 Å². The zero-order valence-electron chi connectivity index (χ0n) is 31.7. The highest BCUT2D eigenvalue weighted by molar-refractivity contribution is 5.95. The van der Waals surface area contributed by atoms with Crippen LogP contribution in [0.1, 0.15) is 108 Å². The molecule has 3 fully saturated rings. The number of hydrogen-bond acceptors (Lipinski definition) is 6. The molecule has 1 saturated carbocycles. The molecule has 0 aromatic heterocycles. The summed E-state index contributed by atoms with van der Waals surface area (Å²) in [6.45, 7) is 7.21. The third-order valence-corrected chi connectivity index (χ3v) is 11.2. The summed E-state index contributed by atoms with van der Waals surface area (Å²) in [5.41, 5.74) is 7.87. The predicted molar refractivity (Wildman–Crippen MR) is 195 cm³/mol. The second-order valence-corrected chi connectivity index (χ2v) is 15.6. The number of amides is 5. The van der Waals surface area contributed by atoms with Crippen LogP contribution < -0.4 is 11.1 Å². The molecule has 3 N–H and O–H groups in total. The van der Waals surface area contributed by atoms with Crippen LogP contribution in [0.25, 0.3) is 0 Å². The number of likely N-dealkylation sites (tertiary alicyclic amines) is 1. The summed E-state index contributed by atoms with van der Waals surface area (Å²) >= 11 is 0. The summed E-state index contributed by atoms with van der Waals surface area (Å²) in [4.78, 5) is 74.5. The highest BCUT2D eigenvalue weighted by atomic mass is 19.1. The van der Waals surface area contributed by atoms with Gasteiger partial charge in [-0.05, 0) is 86.0 Å². The average molecular weight is 713 g/mol. The monoisotopic (exact) mass is 712 g/mol. The van der Waals surface area contributed by atoms with Gasteiger partial charge < -0.3 is 30.7 Å². The van der Waals surface area contributed by atoms with E-state index in [0.29, 0.717) is 38.0 Å². The van der Waals surface area contributed by atoms with Crippen molar-refractivity contribution >= 4 is 29.5 Å². The molecule has 1 aromatic carbocycles. The molecule has 12 heteroatoms. The van der Waals surface area contributed by atoms with Crippen molar-refractivity contribution in [1.29, 1.82) is 0 Å². The number of rotatable bonds is 8. The third-order valence-electron chi connectivity index (χ3n) is 11.2. The molecule has 284 valence electrons. The minimum atomic E-state index is -0.948. The Kier molecular flexibility index (Phi) is 14.4.